The summed E-state index contributed by atoms with van der Waals surface area (Å²) in [7, 11) is 1.72. The van der Waals surface area contributed by atoms with Gasteiger partial charge in [-0.05, 0) is 18.4 Å². The Hall–Kier alpha value is -1.92. The Morgan fingerprint density at radius 1 is 1.17 bits per heavy atom. The van der Waals surface area contributed by atoms with Gasteiger partial charge in [0.05, 0.1) is 0 Å². The van der Waals surface area contributed by atoms with Crippen LogP contribution in [-0.4, -0.2) is 42.5 Å². The average molecular weight is 331 g/mol. The number of nitrogens with one attached hydrogen (secondary N) is 2. The highest BCUT2D eigenvalue weighted by Gasteiger charge is 2.42. The van der Waals surface area contributed by atoms with Crippen molar-refractivity contribution in [3.8, 4) is 0 Å². The molecule has 1 aliphatic carbocycles. The molecular formula is C18H25N3O3. The molecule has 1 saturated carbocycles. The fourth-order valence-corrected chi connectivity index (χ4v) is 3.55. The van der Waals surface area contributed by atoms with Crippen molar-refractivity contribution in [3.63, 3.8) is 0 Å². The standard InChI is InChI=1S/C18H25N3O3/c1-21(11-13-7-3-2-4-8-13)16(22)12-24-18(23)17-14-9-5-6-10-15(14)19-20-17/h2-4,7-8,14-15,17,19-20H,5-6,9-12H2,1H3. The molecule has 2 fully saturated rings. The number of esters is 1. The smallest absolute Gasteiger partial charge is 0.325 e. The number of hydrogen-bond donors (Lipinski definition) is 2. The fourth-order valence-electron chi connectivity index (χ4n) is 3.55. The Bertz CT molecular complexity index is 578. The molecule has 1 saturated heterocycles. The van der Waals surface area contributed by atoms with E-state index < -0.39 is 0 Å². The van der Waals surface area contributed by atoms with Crippen molar-refractivity contribution in [2.75, 3.05) is 13.7 Å². The molecule has 0 bridgehead atoms. The van der Waals surface area contributed by atoms with Crippen molar-refractivity contribution in [2.24, 2.45) is 5.92 Å². The van der Waals surface area contributed by atoms with Crippen LogP contribution in [0.15, 0.2) is 30.3 Å². The molecule has 3 rings (SSSR count). The lowest BCUT2D eigenvalue weighted by Gasteiger charge is -2.26. The van der Waals surface area contributed by atoms with Crippen LogP contribution in [0.2, 0.25) is 0 Å². The van der Waals surface area contributed by atoms with Gasteiger partial charge in [0.15, 0.2) is 6.61 Å². The monoisotopic (exact) mass is 331 g/mol. The van der Waals surface area contributed by atoms with E-state index in [2.05, 4.69) is 10.9 Å². The Labute approximate surface area is 142 Å². The van der Waals surface area contributed by atoms with E-state index in [4.69, 9.17) is 4.74 Å². The van der Waals surface area contributed by atoms with E-state index in [1.807, 2.05) is 30.3 Å². The highest BCUT2D eigenvalue weighted by atomic mass is 16.5. The van der Waals surface area contributed by atoms with Gasteiger partial charge in [-0.3, -0.25) is 15.0 Å². The number of rotatable bonds is 5. The number of ether oxygens (including phenoxy) is 1. The molecule has 1 aliphatic heterocycles. The van der Waals surface area contributed by atoms with Gasteiger partial charge in [0, 0.05) is 25.6 Å². The van der Waals surface area contributed by atoms with Crippen molar-refractivity contribution < 1.29 is 14.3 Å². The van der Waals surface area contributed by atoms with Crippen LogP contribution in [0, 0.1) is 5.92 Å². The molecule has 2 N–H and O–H groups in total. The minimum absolute atomic E-state index is 0.196. The summed E-state index contributed by atoms with van der Waals surface area (Å²) >= 11 is 0. The van der Waals surface area contributed by atoms with Gasteiger partial charge in [-0.15, -0.1) is 0 Å². The maximum absolute atomic E-state index is 12.3. The van der Waals surface area contributed by atoms with E-state index in [1.54, 1.807) is 11.9 Å². The van der Waals surface area contributed by atoms with E-state index in [1.165, 1.54) is 6.42 Å². The number of carbonyl (C=O) groups is 2. The summed E-state index contributed by atoms with van der Waals surface area (Å²) in [5, 5.41) is 0. The van der Waals surface area contributed by atoms with Gasteiger partial charge < -0.3 is 9.64 Å². The lowest BCUT2D eigenvalue weighted by molar-refractivity contribution is -0.154. The van der Waals surface area contributed by atoms with Crippen LogP contribution in [0.5, 0.6) is 0 Å². The Morgan fingerprint density at radius 3 is 2.71 bits per heavy atom. The summed E-state index contributed by atoms with van der Waals surface area (Å²) in [6.45, 7) is 0.295. The zero-order valence-corrected chi connectivity index (χ0v) is 14.0. The molecular weight excluding hydrogens is 306 g/mol. The molecule has 6 nitrogen and oxygen atoms in total. The highest BCUT2D eigenvalue weighted by Crippen LogP contribution is 2.30. The molecule has 0 radical (unpaired) electrons. The topological polar surface area (TPSA) is 70.7 Å². The van der Waals surface area contributed by atoms with Gasteiger partial charge in [0.1, 0.15) is 6.04 Å². The lowest BCUT2D eigenvalue weighted by Crippen LogP contribution is -2.41. The van der Waals surface area contributed by atoms with Crippen molar-refractivity contribution in [3.05, 3.63) is 35.9 Å². The van der Waals surface area contributed by atoms with Crippen LogP contribution >= 0.6 is 0 Å². The quantitative estimate of drug-likeness (QED) is 0.794. The SMILES string of the molecule is CN(Cc1ccccc1)C(=O)COC(=O)C1NNC2CCCCC21. The predicted octanol–water partition coefficient (Wildman–Crippen LogP) is 1.22. The molecule has 130 valence electrons. The second kappa shape index (κ2) is 7.77. The molecule has 0 aromatic heterocycles. The largest absolute Gasteiger partial charge is 0.454 e. The highest BCUT2D eigenvalue weighted by molar-refractivity contribution is 5.82. The number of benzene rings is 1. The summed E-state index contributed by atoms with van der Waals surface area (Å²) in [6.07, 6.45) is 4.44. The van der Waals surface area contributed by atoms with Gasteiger partial charge in [-0.1, -0.05) is 43.2 Å². The molecule has 3 atom stereocenters. The van der Waals surface area contributed by atoms with Gasteiger partial charge >= 0.3 is 5.97 Å². The van der Waals surface area contributed by atoms with Crippen LogP contribution < -0.4 is 10.9 Å². The number of hydrazine groups is 1. The summed E-state index contributed by atoms with van der Waals surface area (Å²) in [6, 6.07) is 9.74. The zero-order valence-electron chi connectivity index (χ0n) is 14.0. The summed E-state index contributed by atoms with van der Waals surface area (Å²) in [5.41, 5.74) is 7.28. The summed E-state index contributed by atoms with van der Waals surface area (Å²) in [4.78, 5) is 26.0. The Balaban J connectivity index is 1.46. The van der Waals surface area contributed by atoms with E-state index in [0.29, 0.717) is 12.6 Å². The third-order valence-corrected chi connectivity index (χ3v) is 4.95. The lowest BCUT2D eigenvalue weighted by atomic mass is 9.82. The maximum Gasteiger partial charge on any atom is 0.325 e. The number of hydrogen-bond acceptors (Lipinski definition) is 5. The minimum atomic E-state index is -0.345. The molecule has 1 amide bonds. The van der Waals surface area contributed by atoms with E-state index >= 15 is 0 Å². The van der Waals surface area contributed by atoms with Crippen molar-refractivity contribution >= 4 is 11.9 Å². The first kappa shape index (κ1) is 16.9. The fraction of sp³-hybridized carbons (Fsp3) is 0.556. The van der Waals surface area contributed by atoms with Gasteiger partial charge in [-0.2, -0.15) is 0 Å². The minimum Gasteiger partial charge on any atom is -0.454 e. The second-order valence-corrected chi connectivity index (χ2v) is 6.66. The number of fused-ring (bicyclic) bond motifs is 1. The number of likely N-dealkylation sites (N-methyl/N-ethyl adjacent to an activating group) is 1. The first-order valence-corrected chi connectivity index (χ1v) is 8.61. The third-order valence-electron chi connectivity index (χ3n) is 4.95. The third kappa shape index (κ3) is 3.94. The maximum atomic E-state index is 12.3. The van der Waals surface area contributed by atoms with Crippen molar-refractivity contribution in [1.29, 1.82) is 0 Å². The molecule has 1 aromatic rings. The predicted molar refractivity (Wildman–Crippen MR) is 89.7 cm³/mol. The van der Waals surface area contributed by atoms with Crippen molar-refractivity contribution in [2.45, 2.75) is 44.3 Å². The van der Waals surface area contributed by atoms with Crippen LogP contribution in [0.4, 0.5) is 0 Å². The second-order valence-electron chi connectivity index (χ2n) is 6.66. The molecule has 1 heterocycles. The first-order chi connectivity index (χ1) is 11.6. The van der Waals surface area contributed by atoms with Crippen LogP contribution in [-0.2, 0) is 20.9 Å². The van der Waals surface area contributed by atoms with Crippen LogP contribution in [0.1, 0.15) is 31.2 Å². The van der Waals surface area contributed by atoms with Gasteiger partial charge in [0.25, 0.3) is 5.91 Å². The Morgan fingerprint density at radius 2 is 1.92 bits per heavy atom. The average Bonchev–Trinajstić information content (AvgIpc) is 3.04. The Kier molecular flexibility index (Phi) is 5.48. The summed E-state index contributed by atoms with van der Waals surface area (Å²) in [5.74, 6) is -0.264. The molecule has 24 heavy (non-hydrogen) atoms. The molecule has 3 unspecified atom stereocenters. The van der Waals surface area contributed by atoms with E-state index in [-0.39, 0.29) is 30.4 Å². The normalized spacial score (nSPS) is 25.8. The van der Waals surface area contributed by atoms with Crippen LogP contribution in [0.3, 0.4) is 0 Å². The van der Waals surface area contributed by atoms with E-state index in [9.17, 15) is 9.59 Å². The van der Waals surface area contributed by atoms with Gasteiger partial charge in [-0.25, -0.2) is 5.43 Å². The number of amides is 1. The van der Waals surface area contributed by atoms with Crippen LogP contribution in [0.25, 0.3) is 0 Å². The molecule has 2 aliphatic rings. The molecule has 0 spiro atoms. The first-order valence-electron chi connectivity index (χ1n) is 8.61. The van der Waals surface area contributed by atoms with Gasteiger partial charge in [0.2, 0.25) is 0 Å². The number of carbonyl (C=O) groups excluding carboxylic acids is 2. The van der Waals surface area contributed by atoms with E-state index in [0.717, 1.165) is 24.8 Å². The zero-order chi connectivity index (χ0) is 16.9. The molecule has 1 aromatic carbocycles. The van der Waals surface area contributed by atoms with Crippen molar-refractivity contribution in [1.82, 2.24) is 15.8 Å². The molecule has 6 heteroatoms. The summed E-state index contributed by atoms with van der Waals surface area (Å²) < 4.78 is 5.26. The number of nitrogens with zero attached hydrogens (tertiary/aromatic N) is 1.